The van der Waals surface area contributed by atoms with Crippen molar-refractivity contribution in [3.05, 3.63) is 23.8 Å². The van der Waals surface area contributed by atoms with Gasteiger partial charge in [0.25, 0.3) is 0 Å². The first-order valence-corrected chi connectivity index (χ1v) is 6.77. The van der Waals surface area contributed by atoms with Crippen LogP contribution in [-0.2, 0) is 0 Å². The summed E-state index contributed by atoms with van der Waals surface area (Å²) in [4.78, 5) is 13.7. The van der Waals surface area contributed by atoms with Crippen LogP contribution in [-0.4, -0.2) is 41.1 Å². The molecule has 1 atom stereocenters. The largest absolute Gasteiger partial charge is 0.478 e. The Morgan fingerprint density at radius 3 is 2.84 bits per heavy atom. The third-order valence-electron chi connectivity index (χ3n) is 3.92. The first-order valence-electron chi connectivity index (χ1n) is 6.77. The van der Waals surface area contributed by atoms with Crippen molar-refractivity contribution in [1.82, 2.24) is 4.90 Å². The standard InChI is InChI=1S/C14H19N3O2/c15-9-1-4-13(12(7-9)14(18)19)16-10-5-6-17(8-10)11-2-3-11/h1,4,7,10-11,16H,2-3,5-6,8,15H2,(H,18,19). The molecule has 2 aliphatic rings. The first kappa shape index (κ1) is 12.3. The molecular formula is C14H19N3O2. The number of carboxylic acid groups (broad SMARTS) is 1. The van der Waals surface area contributed by atoms with Crippen LogP contribution in [0.3, 0.4) is 0 Å². The van der Waals surface area contributed by atoms with Crippen LogP contribution in [0.2, 0.25) is 0 Å². The van der Waals surface area contributed by atoms with Gasteiger partial charge in [0.05, 0.1) is 5.56 Å². The summed E-state index contributed by atoms with van der Waals surface area (Å²) in [6.45, 7) is 2.12. The van der Waals surface area contributed by atoms with Gasteiger partial charge >= 0.3 is 5.97 Å². The second kappa shape index (κ2) is 4.74. The maximum Gasteiger partial charge on any atom is 0.337 e. The van der Waals surface area contributed by atoms with Crippen LogP contribution >= 0.6 is 0 Å². The summed E-state index contributed by atoms with van der Waals surface area (Å²) in [5, 5.41) is 12.6. The van der Waals surface area contributed by atoms with Crippen LogP contribution < -0.4 is 11.1 Å². The van der Waals surface area contributed by atoms with Crippen molar-refractivity contribution in [2.45, 2.75) is 31.3 Å². The maximum absolute atomic E-state index is 11.2. The smallest absolute Gasteiger partial charge is 0.337 e. The van der Waals surface area contributed by atoms with Crippen molar-refractivity contribution < 1.29 is 9.90 Å². The molecule has 1 saturated carbocycles. The predicted octanol–water partition coefficient (Wildman–Crippen LogP) is 1.62. The van der Waals surface area contributed by atoms with E-state index < -0.39 is 5.97 Å². The van der Waals surface area contributed by atoms with Gasteiger partial charge in [-0.15, -0.1) is 0 Å². The van der Waals surface area contributed by atoms with Crippen LogP contribution in [0.15, 0.2) is 18.2 Å². The van der Waals surface area contributed by atoms with E-state index in [1.165, 1.54) is 18.9 Å². The summed E-state index contributed by atoms with van der Waals surface area (Å²) in [5.41, 5.74) is 7.05. The van der Waals surface area contributed by atoms with Crippen LogP contribution in [0.1, 0.15) is 29.6 Å². The van der Waals surface area contributed by atoms with Crippen molar-refractivity contribution in [3.8, 4) is 0 Å². The van der Waals surface area contributed by atoms with E-state index in [2.05, 4.69) is 10.2 Å². The third-order valence-corrected chi connectivity index (χ3v) is 3.92. The third kappa shape index (κ3) is 2.66. The number of rotatable bonds is 4. The lowest BCUT2D eigenvalue weighted by molar-refractivity contribution is 0.0698. The van der Waals surface area contributed by atoms with E-state index in [9.17, 15) is 9.90 Å². The fraction of sp³-hybridized carbons (Fsp3) is 0.500. The molecule has 102 valence electrons. The second-order valence-electron chi connectivity index (χ2n) is 5.47. The molecule has 1 unspecified atom stereocenters. The van der Waals surface area contributed by atoms with Gasteiger partial charge in [0.15, 0.2) is 0 Å². The highest BCUT2D eigenvalue weighted by Crippen LogP contribution is 2.31. The fourth-order valence-corrected chi connectivity index (χ4v) is 2.76. The minimum atomic E-state index is -0.938. The zero-order valence-corrected chi connectivity index (χ0v) is 10.8. The topological polar surface area (TPSA) is 78.6 Å². The molecule has 5 nitrogen and oxygen atoms in total. The van der Waals surface area contributed by atoms with Gasteiger partial charge in [0.2, 0.25) is 0 Å². The lowest BCUT2D eigenvalue weighted by Crippen LogP contribution is -2.28. The number of nitrogens with one attached hydrogen (secondary N) is 1. The molecule has 3 rings (SSSR count). The van der Waals surface area contributed by atoms with Gasteiger partial charge in [-0.1, -0.05) is 0 Å². The molecule has 0 aromatic heterocycles. The van der Waals surface area contributed by atoms with Crippen LogP contribution in [0.4, 0.5) is 11.4 Å². The molecule has 1 aliphatic heterocycles. The SMILES string of the molecule is Nc1ccc(NC2CCN(C3CC3)C2)c(C(=O)O)c1. The Kier molecular flexibility index (Phi) is 3.06. The van der Waals surface area contributed by atoms with Gasteiger partial charge in [-0.25, -0.2) is 4.79 Å². The molecule has 4 N–H and O–H groups in total. The zero-order chi connectivity index (χ0) is 13.4. The van der Waals surface area contributed by atoms with Gasteiger partial charge in [-0.3, -0.25) is 4.90 Å². The van der Waals surface area contributed by atoms with Gasteiger partial charge in [0, 0.05) is 36.5 Å². The Labute approximate surface area is 112 Å². The number of hydrogen-bond donors (Lipinski definition) is 3. The van der Waals surface area contributed by atoms with Crippen molar-refractivity contribution in [3.63, 3.8) is 0 Å². The van der Waals surface area contributed by atoms with E-state index in [0.717, 1.165) is 25.6 Å². The number of nitrogens with two attached hydrogens (primary N) is 1. The molecular weight excluding hydrogens is 242 g/mol. The Morgan fingerprint density at radius 1 is 1.37 bits per heavy atom. The Morgan fingerprint density at radius 2 is 2.16 bits per heavy atom. The highest BCUT2D eigenvalue weighted by Gasteiger charge is 2.34. The first-order chi connectivity index (χ1) is 9.13. The lowest BCUT2D eigenvalue weighted by atomic mass is 10.1. The van der Waals surface area contributed by atoms with Crippen LogP contribution in [0.25, 0.3) is 0 Å². The van der Waals surface area contributed by atoms with E-state index >= 15 is 0 Å². The highest BCUT2D eigenvalue weighted by atomic mass is 16.4. The van der Waals surface area contributed by atoms with E-state index in [0.29, 0.717) is 17.4 Å². The lowest BCUT2D eigenvalue weighted by Gasteiger charge is -2.18. The quantitative estimate of drug-likeness (QED) is 0.718. The Balaban J connectivity index is 1.71. The predicted molar refractivity (Wildman–Crippen MR) is 74.4 cm³/mol. The maximum atomic E-state index is 11.2. The molecule has 2 fully saturated rings. The average Bonchev–Trinajstić information content (AvgIpc) is 3.12. The summed E-state index contributed by atoms with van der Waals surface area (Å²) >= 11 is 0. The number of anilines is 2. The van der Waals surface area contributed by atoms with E-state index in [1.54, 1.807) is 12.1 Å². The normalized spacial score (nSPS) is 23.5. The van der Waals surface area contributed by atoms with Crippen LogP contribution in [0.5, 0.6) is 0 Å². The number of carbonyl (C=O) groups is 1. The van der Waals surface area contributed by atoms with Gasteiger partial charge in [-0.2, -0.15) is 0 Å². The molecule has 19 heavy (non-hydrogen) atoms. The summed E-state index contributed by atoms with van der Waals surface area (Å²) in [5.74, 6) is -0.938. The van der Waals surface area contributed by atoms with Gasteiger partial charge < -0.3 is 16.2 Å². The van der Waals surface area contributed by atoms with Crippen molar-refractivity contribution in [1.29, 1.82) is 0 Å². The van der Waals surface area contributed by atoms with Crippen molar-refractivity contribution >= 4 is 17.3 Å². The molecule has 1 saturated heterocycles. The molecule has 0 spiro atoms. The monoisotopic (exact) mass is 261 g/mol. The van der Waals surface area contributed by atoms with Crippen molar-refractivity contribution in [2.24, 2.45) is 0 Å². The Hall–Kier alpha value is -1.75. The fourth-order valence-electron chi connectivity index (χ4n) is 2.76. The van der Waals surface area contributed by atoms with Crippen LogP contribution in [0, 0.1) is 0 Å². The molecule has 0 amide bonds. The van der Waals surface area contributed by atoms with E-state index in [4.69, 9.17) is 5.73 Å². The summed E-state index contributed by atoms with van der Waals surface area (Å²) < 4.78 is 0. The van der Waals surface area contributed by atoms with E-state index in [-0.39, 0.29) is 5.56 Å². The van der Waals surface area contributed by atoms with Gasteiger partial charge in [0.1, 0.15) is 0 Å². The number of nitrogen functional groups attached to an aromatic ring is 1. The summed E-state index contributed by atoms with van der Waals surface area (Å²) in [6, 6.07) is 6.12. The number of aromatic carboxylic acids is 1. The molecule has 1 aromatic rings. The Bertz CT molecular complexity index is 499. The highest BCUT2D eigenvalue weighted by molar-refractivity contribution is 5.95. The molecule has 1 aliphatic carbocycles. The number of likely N-dealkylation sites (tertiary alicyclic amines) is 1. The number of nitrogens with zero attached hydrogens (tertiary/aromatic N) is 1. The van der Waals surface area contributed by atoms with Crippen molar-refractivity contribution in [2.75, 3.05) is 24.1 Å². The second-order valence-corrected chi connectivity index (χ2v) is 5.47. The molecule has 0 radical (unpaired) electrons. The average molecular weight is 261 g/mol. The zero-order valence-electron chi connectivity index (χ0n) is 10.8. The number of hydrogen-bond acceptors (Lipinski definition) is 4. The number of carboxylic acids is 1. The minimum absolute atomic E-state index is 0.255. The number of benzene rings is 1. The van der Waals surface area contributed by atoms with E-state index in [1.807, 2.05) is 0 Å². The minimum Gasteiger partial charge on any atom is -0.478 e. The molecule has 5 heteroatoms. The molecule has 0 bridgehead atoms. The van der Waals surface area contributed by atoms with Gasteiger partial charge in [-0.05, 0) is 37.5 Å². The summed E-state index contributed by atoms with van der Waals surface area (Å²) in [6.07, 6.45) is 3.70. The summed E-state index contributed by atoms with van der Waals surface area (Å²) in [7, 11) is 0. The molecule has 1 heterocycles. The molecule has 1 aromatic carbocycles.